The summed E-state index contributed by atoms with van der Waals surface area (Å²) in [7, 11) is 0. The minimum atomic E-state index is -0.0907. The van der Waals surface area contributed by atoms with Crippen molar-refractivity contribution in [1.29, 1.82) is 0 Å². The van der Waals surface area contributed by atoms with Crippen LogP contribution >= 0.6 is 11.3 Å². The summed E-state index contributed by atoms with van der Waals surface area (Å²) in [5.41, 5.74) is 27.3. The Kier molecular flexibility index (Phi) is 13.4. The van der Waals surface area contributed by atoms with E-state index in [0.29, 0.717) is 0 Å². The van der Waals surface area contributed by atoms with Crippen LogP contribution in [-0.2, 0) is 27.1 Å². The Labute approximate surface area is 522 Å². The molecular formula is C82H80BN3S. The molecule has 3 aliphatic rings. The molecule has 0 bridgehead atoms. The molecule has 3 nitrogen and oxygen atoms in total. The van der Waals surface area contributed by atoms with Gasteiger partial charge in [-0.25, -0.2) is 0 Å². The van der Waals surface area contributed by atoms with Crippen LogP contribution < -0.4 is 30.4 Å². The molecule has 0 radical (unpaired) electrons. The Balaban J connectivity index is 1.11. The summed E-state index contributed by atoms with van der Waals surface area (Å²) < 4.78 is 2.64. The van der Waals surface area contributed by atoms with E-state index in [-0.39, 0.29) is 33.8 Å². The number of hydrogen-bond donors (Lipinski definition) is 0. The van der Waals surface area contributed by atoms with Crippen molar-refractivity contribution in [3.05, 3.63) is 252 Å². The summed E-state index contributed by atoms with van der Waals surface area (Å²) in [6.07, 6.45) is 2.27. The van der Waals surface area contributed by atoms with Gasteiger partial charge in [-0.15, -0.1) is 11.3 Å². The molecule has 0 fully saturated rings. The number of thiophene rings is 1. The zero-order valence-corrected chi connectivity index (χ0v) is 53.9. The number of rotatable bonds is 8. The van der Waals surface area contributed by atoms with E-state index in [9.17, 15) is 0 Å². The summed E-state index contributed by atoms with van der Waals surface area (Å²) in [5, 5.41) is 1.27. The van der Waals surface area contributed by atoms with Crippen molar-refractivity contribution in [1.82, 2.24) is 0 Å². The van der Waals surface area contributed by atoms with Crippen LogP contribution in [-0.4, -0.2) is 6.71 Å². The highest BCUT2D eigenvalue weighted by atomic mass is 32.1. The highest BCUT2D eigenvalue weighted by Gasteiger charge is 2.47. The van der Waals surface area contributed by atoms with E-state index in [1.807, 2.05) is 11.3 Å². The van der Waals surface area contributed by atoms with Gasteiger partial charge in [0, 0.05) is 60.2 Å². The Hall–Kier alpha value is -8.38. The van der Waals surface area contributed by atoms with Crippen molar-refractivity contribution < 1.29 is 0 Å². The maximum absolute atomic E-state index is 2.67. The zero-order chi connectivity index (χ0) is 60.5. The first-order chi connectivity index (χ1) is 41.5. The van der Waals surface area contributed by atoms with E-state index in [4.69, 9.17) is 0 Å². The van der Waals surface area contributed by atoms with Crippen molar-refractivity contribution in [3.63, 3.8) is 0 Å². The lowest BCUT2D eigenvalue weighted by molar-refractivity contribution is 0.333. The van der Waals surface area contributed by atoms with Crippen molar-refractivity contribution in [3.8, 4) is 33.4 Å². The largest absolute Gasteiger partial charge is 0.311 e. The molecule has 5 heteroatoms. The van der Waals surface area contributed by atoms with Gasteiger partial charge in [-0.05, 0) is 185 Å². The van der Waals surface area contributed by atoms with Gasteiger partial charge in [0.2, 0.25) is 0 Å². The summed E-state index contributed by atoms with van der Waals surface area (Å²) in [6, 6.07) is 86.2. The molecule has 0 spiro atoms. The standard InChI is InChI=1S/C82H80BN3S/c1-78(2,3)57-32-38-60(39-33-57)84(69-30-21-20-27-64(69)54-25-18-15-19-26-54)63-44-45-68-70(52-63)85(61-40-34-58(35-41-61)79(4,5)6)71-50-56(65-28-22-29-67-74(65)82(12,13)48-47-81(67,10)11)51-72-75(71)83(68)77-76(86(72)62-42-36-59(37-43-62)80(7,8)9)66-49-55(31-46-73(66)87-77)53-23-16-14-17-24-53/h14-46,49-52H,47-48H2,1-13H3. The molecule has 1 aromatic heterocycles. The molecule has 2 aliphatic heterocycles. The van der Waals surface area contributed by atoms with E-state index in [0.717, 1.165) is 41.3 Å². The van der Waals surface area contributed by atoms with Gasteiger partial charge in [0.1, 0.15) is 0 Å². The average Bonchev–Trinajstić information content (AvgIpc) is 1.69. The molecule has 10 aromatic carbocycles. The fraction of sp³-hybridized carbons (Fsp3) is 0.244. The number of benzene rings is 10. The maximum atomic E-state index is 2.67. The number of nitrogens with zero attached hydrogens (tertiary/aromatic N) is 3. The first-order valence-corrected chi connectivity index (χ1v) is 32.3. The van der Waals surface area contributed by atoms with Crippen molar-refractivity contribution >= 4 is 95.0 Å². The smallest absolute Gasteiger partial charge is 0.264 e. The predicted octanol–water partition coefficient (Wildman–Crippen LogP) is 21.7. The van der Waals surface area contributed by atoms with E-state index in [1.165, 1.54) is 110 Å². The maximum Gasteiger partial charge on any atom is 0.264 e. The zero-order valence-electron chi connectivity index (χ0n) is 53.1. The van der Waals surface area contributed by atoms with Crippen molar-refractivity contribution in [2.24, 2.45) is 0 Å². The molecule has 0 amide bonds. The van der Waals surface area contributed by atoms with Gasteiger partial charge in [0.25, 0.3) is 6.71 Å². The fourth-order valence-corrected chi connectivity index (χ4v) is 15.7. The third-order valence-corrected chi connectivity index (χ3v) is 20.6. The Morgan fingerprint density at radius 3 is 1.57 bits per heavy atom. The lowest BCUT2D eigenvalue weighted by Gasteiger charge is -2.45. The Morgan fingerprint density at radius 1 is 0.425 bits per heavy atom. The van der Waals surface area contributed by atoms with Crippen LogP contribution in [0.15, 0.2) is 224 Å². The average molecular weight is 1150 g/mol. The molecule has 0 atom stereocenters. The normalized spacial score (nSPS) is 15.0. The van der Waals surface area contributed by atoms with Crippen LogP contribution in [0.2, 0.25) is 0 Å². The van der Waals surface area contributed by atoms with Crippen molar-refractivity contribution in [2.45, 2.75) is 130 Å². The van der Waals surface area contributed by atoms with Gasteiger partial charge < -0.3 is 14.7 Å². The lowest BCUT2D eigenvalue weighted by Crippen LogP contribution is -2.60. The summed E-state index contributed by atoms with van der Waals surface area (Å²) in [5.74, 6) is 0. The predicted molar refractivity (Wildman–Crippen MR) is 378 cm³/mol. The van der Waals surface area contributed by atoms with E-state index < -0.39 is 0 Å². The van der Waals surface area contributed by atoms with Crippen LogP contribution in [0.5, 0.6) is 0 Å². The highest BCUT2D eigenvalue weighted by Crippen LogP contribution is 2.54. The minimum absolute atomic E-state index is 0.00368. The van der Waals surface area contributed by atoms with E-state index >= 15 is 0 Å². The SMILES string of the molecule is CC(C)(C)c1ccc(N(c2ccc3c(c2)N(c2ccc(C(C)(C)C)cc2)c2cc(-c4cccc5c4C(C)(C)CCC5(C)C)cc4c2B3c2sc3ccc(-c5ccccc5)cc3c2N4c2ccc(C(C)(C)C)cc2)c2ccccc2-c2ccccc2)cc1. The summed E-state index contributed by atoms with van der Waals surface area (Å²) in [6.45, 7) is 30.6. The second-order valence-corrected chi connectivity index (χ2v) is 30.4. The van der Waals surface area contributed by atoms with Gasteiger partial charge in [0.05, 0.1) is 11.4 Å². The molecule has 0 unspecified atom stereocenters. The van der Waals surface area contributed by atoms with Crippen LogP contribution in [0.25, 0.3) is 43.5 Å². The van der Waals surface area contributed by atoms with Gasteiger partial charge >= 0.3 is 0 Å². The van der Waals surface area contributed by atoms with Crippen molar-refractivity contribution in [2.75, 3.05) is 14.7 Å². The second-order valence-electron chi connectivity index (χ2n) is 29.3. The molecule has 14 rings (SSSR count). The van der Waals surface area contributed by atoms with Crippen LogP contribution in [0, 0.1) is 0 Å². The molecular weight excluding hydrogens is 1070 g/mol. The third kappa shape index (κ3) is 9.73. The van der Waals surface area contributed by atoms with Crippen LogP contribution in [0.3, 0.4) is 0 Å². The van der Waals surface area contributed by atoms with E-state index in [2.05, 4.69) is 329 Å². The Bertz CT molecular complexity index is 4440. The number of anilines is 9. The first kappa shape index (κ1) is 56.4. The molecule has 3 heterocycles. The molecule has 11 aromatic rings. The number of hydrogen-bond acceptors (Lipinski definition) is 4. The lowest BCUT2D eigenvalue weighted by atomic mass is 9.36. The summed E-state index contributed by atoms with van der Waals surface area (Å²) >= 11 is 1.97. The quantitative estimate of drug-likeness (QED) is 0.140. The fourth-order valence-electron chi connectivity index (χ4n) is 14.4. The first-order valence-electron chi connectivity index (χ1n) is 31.5. The molecule has 87 heavy (non-hydrogen) atoms. The molecule has 0 N–H and O–H groups in total. The number of fused-ring (bicyclic) bond motifs is 7. The molecule has 0 saturated carbocycles. The molecule has 432 valence electrons. The number of para-hydroxylation sites is 1. The van der Waals surface area contributed by atoms with Gasteiger partial charge in [0.15, 0.2) is 0 Å². The topological polar surface area (TPSA) is 9.72 Å². The van der Waals surface area contributed by atoms with Crippen LogP contribution in [0.1, 0.15) is 131 Å². The molecule has 0 saturated heterocycles. The second kappa shape index (κ2) is 20.6. The highest BCUT2D eigenvalue weighted by molar-refractivity contribution is 7.33. The van der Waals surface area contributed by atoms with Crippen LogP contribution in [0.4, 0.5) is 51.2 Å². The van der Waals surface area contributed by atoms with Gasteiger partial charge in [-0.3, -0.25) is 0 Å². The molecule has 1 aliphatic carbocycles. The monoisotopic (exact) mass is 1150 g/mol. The minimum Gasteiger partial charge on any atom is -0.311 e. The third-order valence-electron chi connectivity index (χ3n) is 19.4. The van der Waals surface area contributed by atoms with E-state index in [1.54, 1.807) is 0 Å². The van der Waals surface area contributed by atoms with Gasteiger partial charge in [-0.2, -0.15) is 0 Å². The summed E-state index contributed by atoms with van der Waals surface area (Å²) in [4.78, 5) is 7.82. The van der Waals surface area contributed by atoms with Gasteiger partial charge in [-0.1, -0.05) is 236 Å². The Morgan fingerprint density at radius 2 is 0.954 bits per heavy atom.